The monoisotopic (exact) mass is 771 g/mol. The van der Waals surface area contributed by atoms with Crippen molar-refractivity contribution in [2.75, 3.05) is 13.2 Å². The highest BCUT2D eigenvalue weighted by molar-refractivity contribution is 5.71. The lowest BCUT2D eigenvalue weighted by Crippen LogP contribution is -2.30. The van der Waals surface area contributed by atoms with E-state index >= 15 is 0 Å². The second kappa shape index (κ2) is 44.1. The first-order chi connectivity index (χ1) is 27.0. The molecule has 0 saturated heterocycles. The van der Waals surface area contributed by atoms with Crippen molar-refractivity contribution in [3.8, 4) is 0 Å². The van der Waals surface area contributed by atoms with Gasteiger partial charge in [0.15, 0.2) is 6.10 Å². The third-order valence-corrected chi connectivity index (χ3v) is 9.80. The Hall–Kier alpha value is -2.63. The molecule has 0 aromatic rings. The van der Waals surface area contributed by atoms with Gasteiger partial charge in [0.2, 0.25) is 0 Å². The average molecular weight is 771 g/mol. The van der Waals surface area contributed by atoms with Crippen LogP contribution in [0.1, 0.15) is 226 Å². The van der Waals surface area contributed by atoms with Crippen molar-refractivity contribution in [3.05, 3.63) is 48.6 Å². The molecule has 0 heterocycles. The highest BCUT2D eigenvalue weighted by Crippen LogP contribution is 2.13. The fraction of sp³-hybridized carbons (Fsp3) is 0.776. The number of rotatable bonds is 41. The van der Waals surface area contributed by atoms with Crippen molar-refractivity contribution < 1.29 is 28.6 Å². The first-order valence-electron chi connectivity index (χ1n) is 23.2. The second-order valence-corrected chi connectivity index (χ2v) is 15.3. The Bertz CT molecular complexity index is 980. The van der Waals surface area contributed by atoms with E-state index in [4.69, 9.17) is 14.2 Å². The molecule has 0 aliphatic heterocycles. The van der Waals surface area contributed by atoms with Gasteiger partial charge in [0, 0.05) is 19.3 Å². The molecule has 318 valence electrons. The van der Waals surface area contributed by atoms with Crippen LogP contribution in [0.4, 0.5) is 0 Å². The molecule has 0 rings (SSSR count). The number of esters is 3. The Balaban J connectivity index is 4.40. The molecular formula is C49H86O6. The number of unbranched alkanes of at least 4 members (excludes halogenated alkanes) is 23. The van der Waals surface area contributed by atoms with Crippen LogP contribution in [0.25, 0.3) is 0 Å². The molecule has 0 aromatic heterocycles. The van der Waals surface area contributed by atoms with Gasteiger partial charge in [-0.2, -0.15) is 0 Å². The third kappa shape index (κ3) is 42.4. The number of carbonyl (C=O) groups excluding carboxylic acids is 3. The number of ether oxygens (including phenoxy) is 3. The van der Waals surface area contributed by atoms with Crippen LogP contribution in [0.2, 0.25) is 0 Å². The molecule has 1 atom stereocenters. The zero-order chi connectivity index (χ0) is 40.1. The van der Waals surface area contributed by atoms with Crippen molar-refractivity contribution in [2.45, 2.75) is 232 Å². The summed E-state index contributed by atoms with van der Waals surface area (Å²) in [5.74, 6) is -0.917. The van der Waals surface area contributed by atoms with Gasteiger partial charge in [-0.1, -0.05) is 172 Å². The predicted molar refractivity (Wildman–Crippen MR) is 233 cm³/mol. The van der Waals surface area contributed by atoms with Gasteiger partial charge in [0.05, 0.1) is 0 Å². The number of carbonyl (C=O) groups is 3. The lowest BCUT2D eigenvalue weighted by Gasteiger charge is -2.18. The molecule has 0 radical (unpaired) electrons. The van der Waals surface area contributed by atoms with Gasteiger partial charge in [-0.15, -0.1) is 0 Å². The second-order valence-electron chi connectivity index (χ2n) is 15.3. The summed E-state index contributed by atoms with van der Waals surface area (Å²) in [6, 6.07) is 0. The molecule has 6 nitrogen and oxygen atoms in total. The topological polar surface area (TPSA) is 78.9 Å². The van der Waals surface area contributed by atoms with E-state index in [0.717, 1.165) is 83.5 Å². The van der Waals surface area contributed by atoms with Crippen molar-refractivity contribution >= 4 is 17.9 Å². The van der Waals surface area contributed by atoms with E-state index in [1.807, 2.05) is 0 Å². The van der Waals surface area contributed by atoms with E-state index in [9.17, 15) is 14.4 Å². The van der Waals surface area contributed by atoms with Crippen molar-refractivity contribution in [1.29, 1.82) is 0 Å². The van der Waals surface area contributed by atoms with Crippen molar-refractivity contribution in [1.82, 2.24) is 0 Å². The van der Waals surface area contributed by atoms with Crippen LogP contribution in [0.3, 0.4) is 0 Å². The average Bonchev–Trinajstić information content (AvgIpc) is 3.18. The van der Waals surface area contributed by atoms with Crippen LogP contribution in [0, 0.1) is 0 Å². The summed E-state index contributed by atoms with van der Waals surface area (Å²) >= 11 is 0. The minimum atomic E-state index is -0.782. The molecule has 0 aromatic carbocycles. The van der Waals surface area contributed by atoms with Crippen LogP contribution in [0.15, 0.2) is 48.6 Å². The zero-order valence-corrected chi connectivity index (χ0v) is 36.2. The van der Waals surface area contributed by atoms with E-state index in [0.29, 0.717) is 19.3 Å². The Morgan fingerprint density at radius 3 is 1.07 bits per heavy atom. The maximum absolute atomic E-state index is 12.7. The van der Waals surface area contributed by atoms with Crippen LogP contribution >= 0.6 is 0 Å². The summed E-state index contributed by atoms with van der Waals surface area (Å²) in [7, 11) is 0. The SMILES string of the molecule is CCCC/C=C\CCCCCCCC(=O)OCC(COC(=O)CCCCCCCC/C=C\C=C/CCCCC)OC(=O)CCCCCCC/C=C\CCCC. The van der Waals surface area contributed by atoms with E-state index < -0.39 is 6.10 Å². The molecule has 0 N–H and O–H groups in total. The molecule has 6 heteroatoms. The molecule has 0 bridgehead atoms. The van der Waals surface area contributed by atoms with Crippen LogP contribution in [0.5, 0.6) is 0 Å². The lowest BCUT2D eigenvalue weighted by atomic mass is 10.1. The summed E-state index contributed by atoms with van der Waals surface area (Å²) < 4.78 is 16.7. The van der Waals surface area contributed by atoms with E-state index in [2.05, 4.69) is 69.4 Å². The van der Waals surface area contributed by atoms with Gasteiger partial charge in [0.1, 0.15) is 13.2 Å². The van der Waals surface area contributed by atoms with Gasteiger partial charge in [-0.3, -0.25) is 14.4 Å². The van der Waals surface area contributed by atoms with Crippen molar-refractivity contribution in [3.63, 3.8) is 0 Å². The van der Waals surface area contributed by atoms with Crippen molar-refractivity contribution in [2.24, 2.45) is 0 Å². The summed E-state index contributed by atoms with van der Waals surface area (Å²) in [5.41, 5.74) is 0. The fourth-order valence-corrected chi connectivity index (χ4v) is 6.22. The lowest BCUT2D eigenvalue weighted by molar-refractivity contribution is -0.167. The smallest absolute Gasteiger partial charge is 0.306 e. The molecule has 0 amide bonds. The van der Waals surface area contributed by atoms with Crippen LogP contribution in [-0.2, 0) is 28.6 Å². The summed E-state index contributed by atoms with van der Waals surface area (Å²) in [6.45, 7) is 6.49. The Labute approximate surface area is 339 Å². The molecule has 55 heavy (non-hydrogen) atoms. The number of hydrogen-bond acceptors (Lipinski definition) is 6. The van der Waals surface area contributed by atoms with Crippen LogP contribution < -0.4 is 0 Å². The Morgan fingerprint density at radius 2 is 0.673 bits per heavy atom. The largest absolute Gasteiger partial charge is 0.462 e. The minimum Gasteiger partial charge on any atom is -0.462 e. The molecular weight excluding hydrogens is 685 g/mol. The molecule has 0 fully saturated rings. The van der Waals surface area contributed by atoms with Crippen LogP contribution in [-0.4, -0.2) is 37.2 Å². The first-order valence-corrected chi connectivity index (χ1v) is 23.2. The first kappa shape index (κ1) is 52.4. The molecule has 1 unspecified atom stereocenters. The summed E-state index contributed by atoms with van der Waals surface area (Å²) in [4.78, 5) is 37.7. The maximum Gasteiger partial charge on any atom is 0.306 e. The van der Waals surface area contributed by atoms with Gasteiger partial charge >= 0.3 is 17.9 Å². The summed E-state index contributed by atoms with van der Waals surface area (Å²) in [5, 5.41) is 0. The molecule has 0 aliphatic rings. The third-order valence-electron chi connectivity index (χ3n) is 9.80. The van der Waals surface area contributed by atoms with Gasteiger partial charge in [0.25, 0.3) is 0 Å². The zero-order valence-electron chi connectivity index (χ0n) is 36.2. The molecule has 0 aliphatic carbocycles. The normalized spacial score (nSPS) is 12.4. The number of hydrogen-bond donors (Lipinski definition) is 0. The van der Waals surface area contributed by atoms with E-state index in [-0.39, 0.29) is 31.1 Å². The highest BCUT2D eigenvalue weighted by Gasteiger charge is 2.19. The summed E-state index contributed by atoms with van der Waals surface area (Å²) in [6.07, 6.45) is 50.9. The quantitative estimate of drug-likeness (QED) is 0.0202. The minimum absolute atomic E-state index is 0.0849. The Kier molecular flexibility index (Phi) is 42.0. The molecule has 0 saturated carbocycles. The van der Waals surface area contributed by atoms with Gasteiger partial charge < -0.3 is 14.2 Å². The van der Waals surface area contributed by atoms with Gasteiger partial charge in [-0.25, -0.2) is 0 Å². The predicted octanol–water partition coefficient (Wildman–Crippen LogP) is 14.8. The molecule has 0 spiro atoms. The Morgan fingerprint density at radius 1 is 0.364 bits per heavy atom. The standard InChI is InChI=1S/C49H86O6/c1-4-7-10-13-16-19-22-23-24-25-28-30-33-36-39-42-48(51)54-45-46(55-49(52)43-40-37-34-31-27-21-18-15-12-9-6-3)44-53-47(50)41-38-35-32-29-26-20-17-14-11-8-5-2/h14-19,22-23,46H,4-13,20-21,24-45H2,1-3H3/b17-14-,18-15-,19-16-,23-22-. The maximum atomic E-state index is 12.7. The van der Waals surface area contributed by atoms with E-state index in [1.54, 1.807) is 0 Å². The fourth-order valence-electron chi connectivity index (χ4n) is 6.22. The van der Waals surface area contributed by atoms with Gasteiger partial charge in [-0.05, 0) is 83.5 Å². The number of allylic oxidation sites excluding steroid dienone is 8. The highest BCUT2D eigenvalue weighted by atomic mass is 16.6. The van der Waals surface area contributed by atoms with E-state index in [1.165, 1.54) is 103 Å².